The van der Waals surface area contributed by atoms with Crippen molar-refractivity contribution in [3.8, 4) is 23.0 Å². The van der Waals surface area contributed by atoms with Crippen molar-refractivity contribution in [3.05, 3.63) is 107 Å². The molecule has 4 aromatic rings. The van der Waals surface area contributed by atoms with Gasteiger partial charge in [0.15, 0.2) is 0 Å². The number of rotatable bonds is 5. The van der Waals surface area contributed by atoms with Crippen molar-refractivity contribution < 1.29 is 8.42 Å². The van der Waals surface area contributed by atoms with Gasteiger partial charge in [0.05, 0.1) is 10.6 Å². The van der Waals surface area contributed by atoms with Crippen molar-refractivity contribution in [3.63, 3.8) is 0 Å². The minimum Gasteiger partial charge on any atom is -0.240 e. The lowest BCUT2D eigenvalue weighted by molar-refractivity contribution is 0.603. The summed E-state index contributed by atoms with van der Waals surface area (Å²) in [6.45, 7) is 0. The Morgan fingerprint density at radius 1 is 0.939 bits per heavy atom. The number of nitrogens with zero attached hydrogens (tertiary/aromatic N) is 3. The molecule has 0 fully saturated rings. The van der Waals surface area contributed by atoms with E-state index in [-0.39, 0.29) is 9.80 Å². The smallest absolute Gasteiger partial charge is 0.216 e. The molecule has 1 aliphatic rings. The van der Waals surface area contributed by atoms with E-state index in [1.54, 1.807) is 29.1 Å². The van der Waals surface area contributed by atoms with Crippen LogP contribution < -0.4 is 0 Å². The highest BCUT2D eigenvalue weighted by Crippen LogP contribution is 2.32. The molecular formula is C27H21N3O2S. The topological polar surface area (TPSA) is 75.8 Å². The van der Waals surface area contributed by atoms with E-state index >= 15 is 0 Å². The van der Waals surface area contributed by atoms with Gasteiger partial charge in [0.1, 0.15) is 16.7 Å². The van der Waals surface area contributed by atoms with E-state index in [0.717, 1.165) is 30.5 Å². The first-order valence-electron chi connectivity index (χ1n) is 10.8. The molecule has 0 bridgehead atoms. The van der Waals surface area contributed by atoms with Crippen molar-refractivity contribution in [2.75, 3.05) is 0 Å². The first-order valence-corrected chi connectivity index (χ1v) is 12.2. The zero-order valence-electron chi connectivity index (χ0n) is 17.8. The molecule has 0 N–H and O–H groups in total. The molecule has 1 heterocycles. The van der Waals surface area contributed by atoms with Gasteiger partial charge in [-0.25, -0.2) is 13.1 Å². The van der Waals surface area contributed by atoms with Gasteiger partial charge in [-0.3, -0.25) is 0 Å². The summed E-state index contributed by atoms with van der Waals surface area (Å²) in [7, 11) is -3.95. The average Bonchev–Trinajstić information content (AvgIpc) is 3.50. The number of sulfone groups is 1. The van der Waals surface area contributed by atoms with Crippen LogP contribution in [0.2, 0.25) is 0 Å². The molecule has 1 aliphatic carbocycles. The van der Waals surface area contributed by atoms with Crippen LogP contribution in [0.15, 0.2) is 94.9 Å². The van der Waals surface area contributed by atoms with Crippen LogP contribution in [0.4, 0.5) is 0 Å². The van der Waals surface area contributed by atoms with Gasteiger partial charge in [-0.15, -0.1) is 0 Å². The molecule has 0 radical (unpaired) electrons. The Morgan fingerprint density at radius 3 is 2.36 bits per heavy atom. The van der Waals surface area contributed by atoms with E-state index in [2.05, 4.69) is 12.1 Å². The molecule has 0 spiro atoms. The number of hydrogen-bond acceptors (Lipinski definition) is 4. The van der Waals surface area contributed by atoms with Gasteiger partial charge in [-0.2, -0.15) is 10.4 Å². The molecule has 0 unspecified atom stereocenters. The number of hydrogen-bond donors (Lipinski definition) is 0. The lowest BCUT2D eigenvalue weighted by Crippen LogP contribution is -2.03. The molecule has 0 aliphatic heterocycles. The molecule has 3 aromatic carbocycles. The standard InChI is InChI=1S/C27H21N3O2S/c28-18-26(33(31,32)25-12-5-2-6-13-25)17-23-19-30(24-10-3-1-4-11-24)29-27(23)22-15-14-20-8-7-9-21(20)16-22/h1-6,10-17,19H,7-9H2/b26-17-. The summed E-state index contributed by atoms with van der Waals surface area (Å²) in [5.41, 5.74) is 5.63. The summed E-state index contributed by atoms with van der Waals surface area (Å²) in [5.74, 6) is 0. The Labute approximate surface area is 193 Å². The second kappa shape index (κ2) is 8.53. The number of aryl methyl sites for hydroxylation is 2. The number of benzene rings is 3. The van der Waals surface area contributed by atoms with Crippen LogP contribution in [0.1, 0.15) is 23.1 Å². The fraction of sp³-hybridized carbons (Fsp3) is 0.111. The van der Waals surface area contributed by atoms with E-state index in [0.29, 0.717) is 11.3 Å². The van der Waals surface area contributed by atoms with Gasteiger partial charge in [0, 0.05) is 17.3 Å². The zero-order valence-corrected chi connectivity index (χ0v) is 18.7. The SMILES string of the molecule is N#C/C(=C/c1cn(-c2ccccc2)nc1-c1ccc2c(c1)CCC2)S(=O)(=O)c1ccccc1. The van der Waals surface area contributed by atoms with Crippen LogP contribution in [0.3, 0.4) is 0 Å². The maximum absolute atomic E-state index is 13.1. The molecule has 5 rings (SSSR count). The quantitative estimate of drug-likeness (QED) is 0.383. The predicted molar refractivity (Wildman–Crippen MR) is 128 cm³/mol. The largest absolute Gasteiger partial charge is 0.240 e. The lowest BCUT2D eigenvalue weighted by atomic mass is 10.0. The third-order valence-electron chi connectivity index (χ3n) is 5.88. The molecule has 162 valence electrons. The molecule has 0 saturated heterocycles. The van der Waals surface area contributed by atoms with Gasteiger partial charge in [0.2, 0.25) is 9.84 Å². The molecule has 5 nitrogen and oxygen atoms in total. The highest BCUT2D eigenvalue weighted by molar-refractivity contribution is 7.95. The van der Waals surface area contributed by atoms with Crippen molar-refractivity contribution in [1.82, 2.24) is 9.78 Å². The van der Waals surface area contributed by atoms with Gasteiger partial charge < -0.3 is 0 Å². The van der Waals surface area contributed by atoms with Gasteiger partial charge in [-0.1, -0.05) is 48.5 Å². The first-order chi connectivity index (χ1) is 16.1. The number of para-hydroxylation sites is 1. The molecule has 33 heavy (non-hydrogen) atoms. The Morgan fingerprint density at radius 2 is 1.64 bits per heavy atom. The molecular weight excluding hydrogens is 430 g/mol. The number of aromatic nitrogens is 2. The predicted octanol–water partition coefficient (Wildman–Crippen LogP) is 5.37. The normalized spacial score (nSPS) is 13.5. The summed E-state index contributed by atoms with van der Waals surface area (Å²) in [4.78, 5) is -0.226. The third-order valence-corrected chi connectivity index (χ3v) is 7.56. The zero-order chi connectivity index (χ0) is 22.8. The van der Waals surface area contributed by atoms with Crippen molar-refractivity contribution in [1.29, 1.82) is 5.26 Å². The van der Waals surface area contributed by atoms with Crippen molar-refractivity contribution in [2.24, 2.45) is 0 Å². The van der Waals surface area contributed by atoms with Crippen LogP contribution in [-0.2, 0) is 22.7 Å². The monoisotopic (exact) mass is 451 g/mol. The summed E-state index contributed by atoms with van der Waals surface area (Å²) in [6.07, 6.45) is 6.44. The minimum atomic E-state index is -3.95. The van der Waals surface area contributed by atoms with Crippen molar-refractivity contribution >= 4 is 15.9 Å². The van der Waals surface area contributed by atoms with Gasteiger partial charge in [-0.05, 0) is 66.8 Å². The summed E-state index contributed by atoms with van der Waals surface area (Å²) in [6, 6.07) is 25.8. The van der Waals surface area contributed by atoms with Crippen LogP contribution in [0.25, 0.3) is 23.0 Å². The van der Waals surface area contributed by atoms with E-state index in [1.165, 1.54) is 29.3 Å². The van der Waals surface area contributed by atoms with E-state index in [1.807, 2.05) is 42.5 Å². The fourth-order valence-electron chi connectivity index (χ4n) is 4.19. The number of nitriles is 1. The highest BCUT2D eigenvalue weighted by Gasteiger charge is 2.22. The Bertz CT molecular complexity index is 1500. The first kappa shape index (κ1) is 20.9. The molecule has 1 aromatic heterocycles. The van der Waals surface area contributed by atoms with Crippen molar-refractivity contribution in [2.45, 2.75) is 24.2 Å². The second-order valence-electron chi connectivity index (χ2n) is 7.99. The molecule has 0 atom stereocenters. The molecule has 0 amide bonds. The maximum Gasteiger partial charge on any atom is 0.216 e. The Hall–Kier alpha value is -3.95. The van der Waals surface area contributed by atoms with E-state index < -0.39 is 9.84 Å². The van der Waals surface area contributed by atoms with Crippen LogP contribution in [0, 0.1) is 11.3 Å². The van der Waals surface area contributed by atoms with Gasteiger partial charge >= 0.3 is 0 Å². The number of fused-ring (bicyclic) bond motifs is 1. The van der Waals surface area contributed by atoms with E-state index in [9.17, 15) is 13.7 Å². The minimum absolute atomic E-state index is 0.0901. The lowest BCUT2D eigenvalue weighted by Gasteiger charge is -2.05. The molecule has 0 saturated carbocycles. The average molecular weight is 452 g/mol. The molecule has 6 heteroatoms. The number of allylic oxidation sites excluding steroid dienone is 1. The van der Waals surface area contributed by atoms with Crippen LogP contribution >= 0.6 is 0 Å². The van der Waals surface area contributed by atoms with Crippen LogP contribution in [-0.4, -0.2) is 18.2 Å². The maximum atomic E-state index is 13.1. The summed E-state index contributed by atoms with van der Waals surface area (Å²) in [5, 5.41) is 14.6. The van der Waals surface area contributed by atoms with Gasteiger partial charge in [0.25, 0.3) is 0 Å². The van der Waals surface area contributed by atoms with Crippen LogP contribution in [0.5, 0.6) is 0 Å². The second-order valence-corrected chi connectivity index (χ2v) is 9.91. The Kier molecular flexibility index (Phi) is 5.41. The third kappa shape index (κ3) is 3.99. The Balaban J connectivity index is 1.67. The summed E-state index contributed by atoms with van der Waals surface area (Å²) < 4.78 is 28.0. The highest BCUT2D eigenvalue weighted by atomic mass is 32.2. The fourth-order valence-corrected chi connectivity index (χ4v) is 5.36. The van der Waals surface area contributed by atoms with E-state index in [4.69, 9.17) is 5.10 Å². The summed E-state index contributed by atoms with van der Waals surface area (Å²) >= 11 is 0.